The fourth-order valence-electron chi connectivity index (χ4n) is 1.54. The molecule has 1 aromatic carbocycles. The van der Waals surface area contributed by atoms with Crippen LogP contribution < -0.4 is 5.73 Å². The molecule has 0 heterocycles. The molecule has 3 heteroatoms. The molecule has 17 heavy (non-hydrogen) atoms. The van der Waals surface area contributed by atoms with Crippen molar-refractivity contribution in [2.24, 2.45) is 11.7 Å². The van der Waals surface area contributed by atoms with Crippen molar-refractivity contribution < 1.29 is 5.11 Å². The molecule has 0 fully saturated rings. The van der Waals surface area contributed by atoms with Crippen LogP contribution in [0.5, 0.6) is 0 Å². The normalized spacial score (nSPS) is 14.6. The van der Waals surface area contributed by atoms with Crippen LogP contribution in [0, 0.1) is 19.8 Å². The van der Waals surface area contributed by atoms with Gasteiger partial charge in [0.1, 0.15) is 0 Å². The summed E-state index contributed by atoms with van der Waals surface area (Å²) in [6.45, 7) is 6.54. The first kappa shape index (κ1) is 14.6. The number of hydrogen-bond acceptors (Lipinski definition) is 3. The summed E-state index contributed by atoms with van der Waals surface area (Å²) in [5.74, 6) is 2.23. The summed E-state index contributed by atoms with van der Waals surface area (Å²) >= 11 is 1.81. The Kier molecular flexibility index (Phi) is 6.03. The smallest absolute Gasteiger partial charge is 0.0464 e. The average molecular weight is 253 g/mol. The van der Waals surface area contributed by atoms with Gasteiger partial charge in [0, 0.05) is 18.4 Å². The standard InChI is InChI=1S/C14H23NOS/c1-10(7-16)8-17-9-14(15)13-5-4-11(2)12(3)6-13/h4-6,10,14,16H,7-9,15H2,1-3H3. The van der Waals surface area contributed by atoms with Crippen LogP contribution >= 0.6 is 11.8 Å². The van der Waals surface area contributed by atoms with Gasteiger partial charge >= 0.3 is 0 Å². The highest BCUT2D eigenvalue weighted by molar-refractivity contribution is 7.99. The largest absolute Gasteiger partial charge is 0.396 e. The molecule has 0 saturated heterocycles. The second-order valence-corrected chi connectivity index (χ2v) is 5.85. The molecule has 0 spiro atoms. The monoisotopic (exact) mass is 253 g/mol. The maximum atomic E-state index is 8.94. The van der Waals surface area contributed by atoms with Crippen LogP contribution in [0.3, 0.4) is 0 Å². The van der Waals surface area contributed by atoms with E-state index in [0.29, 0.717) is 5.92 Å². The molecule has 0 bridgehead atoms. The summed E-state index contributed by atoms with van der Waals surface area (Å²) in [5.41, 5.74) is 9.97. The number of nitrogens with two attached hydrogens (primary N) is 1. The van der Waals surface area contributed by atoms with Gasteiger partial charge in [-0.3, -0.25) is 0 Å². The molecule has 0 aromatic heterocycles. The molecule has 2 unspecified atom stereocenters. The van der Waals surface area contributed by atoms with Crippen LogP contribution in [-0.4, -0.2) is 23.2 Å². The molecule has 0 amide bonds. The van der Waals surface area contributed by atoms with Crippen LogP contribution in [0.1, 0.15) is 29.7 Å². The summed E-state index contributed by atoms with van der Waals surface area (Å²) in [6, 6.07) is 6.51. The van der Waals surface area contributed by atoms with Gasteiger partial charge in [0.05, 0.1) is 0 Å². The van der Waals surface area contributed by atoms with Gasteiger partial charge in [-0.05, 0) is 42.2 Å². The summed E-state index contributed by atoms with van der Waals surface area (Å²) < 4.78 is 0. The minimum absolute atomic E-state index is 0.0881. The summed E-state index contributed by atoms with van der Waals surface area (Å²) in [7, 11) is 0. The predicted octanol–water partition coefficient (Wildman–Crippen LogP) is 2.66. The third-order valence-electron chi connectivity index (χ3n) is 2.97. The lowest BCUT2D eigenvalue weighted by Crippen LogP contribution is -2.15. The number of benzene rings is 1. The highest BCUT2D eigenvalue weighted by Crippen LogP contribution is 2.20. The number of hydrogen-bond donors (Lipinski definition) is 2. The minimum atomic E-state index is 0.0881. The quantitative estimate of drug-likeness (QED) is 0.819. The third kappa shape index (κ3) is 4.70. The Morgan fingerprint density at radius 1 is 1.24 bits per heavy atom. The lowest BCUT2D eigenvalue weighted by atomic mass is 10.0. The Morgan fingerprint density at radius 3 is 2.53 bits per heavy atom. The first-order valence-electron chi connectivity index (χ1n) is 6.06. The predicted molar refractivity (Wildman–Crippen MR) is 76.4 cm³/mol. The molecule has 1 rings (SSSR count). The zero-order valence-electron chi connectivity index (χ0n) is 10.9. The van der Waals surface area contributed by atoms with E-state index in [9.17, 15) is 0 Å². The van der Waals surface area contributed by atoms with Crippen LogP contribution in [0.25, 0.3) is 0 Å². The second-order valence-electron chi connectivity index (χ2n) is 4.78. The number of aliphatic hydroxyl groups is 1. The van der Waals surface area contributed by atoms with E-state index < -0.39 is 0 Å². The van der Waals surface area contributed by atoms with Gasteiger partial charge in [-0.2, -0.15) is 11.8 Å². The molecule has 0 saturated carbocycles. The Morgan fingerprint density at radius 2 is 1.94 bits per heavy atom. The van der Waals surface area contributed by atoms with Crippen molar-refractivity contribution >= 4 is 11.8 Å². The Balaban J connectivity index is 2.46. The van der Waals surface area contributed by atoms with Crippen molar-refractivity contribution in [2.75, 3.05) is 18.1 Å². The lowest BCUT2D eigenvalue weighted by molar-refractivity contribution is 0.250. The molecular weight excluding hydrogens is 230 g/mol. The Labute approximate surface area is 109 Å². The summed E-state index contributed by atoms with van der Waals surface area (Å²) in [6.07, 6.45) is 0. The van der Waals surface area contributed by atoms with E-state index in [4.69, 9.17) is 10.8 Å². The van der Waals surface area contributed by atoms with Gasteiger partial charge in [-0.1, -0.05) is 25.1 Å². The number of thioether (sulfide) groups is 1. The van der Waals surface area contributed by atoms with E-state index in [1.54, 1.807) is 0 Å². The van der Waals surface area contributed by atoms with E-state index >= 15 is 0 Å². The van der Waals surface area contributed by atoms with Crippen LogP contribution in [0.4, 0.5) is 0 Å². The fourth-order valence-corrected chi connectivity index (χ4v) is 2.63. The lowest BCUT2D eigenvalue weighted by Gasteiger charge is -2.14. The Bertz CT molecular complexity index is 354. The highest BCUT2D eigenvalue weighted by Gasteiger charge is 2.08. The number of aliphatic hydroxyl groups excluding tert-OH is 1. The molecule has 1 aromatic rings. The molecule has 96 valence electrons. The van der Waals surface area contributed by atoms with E-state index in [1.165, 1.54) is 16.7 Å². The highest BCUT2D eigenvalue weighted by atomic mass is 32.2. The number of aryl methyl sites for hydroxylation is 2. The molecule has 2 atom stereocenters. The maximum absolute atomic E-state index is 8.94. The fraction of sp³-hybridized carbons (Fsp3) is 0.571. The SMILES string of the molecule is Cc1ccc(C(N)CSCC(C)CO)cc1C. The summed E-state index contributed by atoms with van der Waals surface area (Å²) in [4.78, 5) is 0. The van der Waals surface area contributed by atoms with Gasteiger partial charge in [-0.15, -0.1) is 0 Å². The molecule has 3 N–H and O–H groups in total. The van der Waals surface area contributed by atoms with Crippen molar-refractivity contribution in [1.29, 1.82) is 0 Å². The third-order valence-corrected chi connectivity index (χ3v) is 4.37. The average Bonchev–Trinajstić information content (AvgIpc) is 2.32. The van der Waals surface area contributed by atoms with Crippen molar-refractivity contribution in [3.63, 3.8) is 0 Å². The Hall–Kier alpha value is -0.510. The molecule has 0 aliphatic heterocycles. The topological polar surface area (TPSA) is 46.2 Å². The van der Waals surface area contributed by atoms with Gasteiger partial charge in [0.2, 0.25) is 0 Å². The molecular formula is C14H23NOS. The van der Waals surface area contributed by atoms with Gasteiger partial charge in [0.25, 0.3) is 0 Å². The van der Waals surface area contributed by atoms with Crippen LogP contribution in [-0.2, 0) is 0 Å². The van der Waals surface area contributed by atoms with E-state index in [2.05, 4.69) is 39.0 Å². The van der Waals surface area contributed by atoms with E-state index in [0.717, 1.165) is 11.5 Å². The summed E-state index contributed by atoms with van der Waals surface area (Å²) in [5, 5.41) is 8.94. The molecule has 0 aliphatic carbocycles. The zero-order valence-corrected chi connectivity index (χ0v) is 11.8. The van der Waals surface area contributed by atoms with Gasteiger partial charge < -0.3 is 10.8 Å². The van der Waals surface area contributed by atoms with Crippen molar-refractivity contribution in [3.8, 4) is 0 Å². The second kappa shape index (κ2) is 7.04. The van der Waals surface area contributed by atoms with Crippen LogP contribution in [0.2, 0.25) is 0 Å². The van der Waals surface area contributed by atoms with E-state index in [1.807, 2.05) is 11.8 Å². The molecule has 2 nitrogen and oxygen atoms in total. The van der Waals surface area contributed by atoms with Crippen LogP contribution in [0.15, 0.2) is 18.2 Å². The number of rotatable bonds is 6. The van der Waals surface area contributed by atoms with Gasteiger partial charge in [0.15, 0.2) is 0 Å². The minimum Gasteiger partial charge on any atom is -0.396 e. The van der Waals surface area contributed by atoms with Gasteiger partial charge in [-0.25, -0.2) is 0 Å². The maximum Gasteiger partial charge on any atom is 0.0464 e. The zero-order chi connectivity index (χ0) is 12.8. The first-order chi connectivity index (χ1) is 8.04. The molecule has 0 aliphatic rings. The molecule has 0 radical (unpaired) electrons. The first-order valence-corrected chi connectivity index (χ1v) is 7.21. The van der Waals surface area contributed by atoms with Crippen molar-refractivity contribution in [2.45, 2.75) is 26.8 Å². The van der Waals surface area contributed by atoms with Crippen molar-refractivity contribution in [3.05, 3.63) is 34.9 Å². The van der Waals surface area contributed by atoms with E-state index in [-0.39, 0.29) is 12.6 Å². The van der Waals surface area contributed by atoms with Crippen molar-refractivity contribution in [1.82, 2.24) is 0 Å².